The maximum atomic E-state index is 13.1. The fourth-order valence-corrected chi connectivity index (χ4v) is 3.16. The molecule has 2 heterocycles. The molecule has 132 valence electrons. The fourth-order valence-electron chi connectivity index (χ4n) is 3.16. The topological polar surface area (TPSA) is 45.2 Å². The van der Waals surface area contributed by atoms with E-state index in [1.54, 1.807) is 18.3 Å². The lowest BCUT2D eigenvalue weighted by atomic mass is 9.83. The van der Waals surface area contributed by atoms with Crippen LogP contribution in [0, 0.1) is 5.82 Å². The molecule has 1 aromatic heterocycles. The van der Waals surface area contributed by atoms with E-state index in [-0.39, 0.29) is 17.8 Å². The molecule has 0 aliphatic carbocycles. The number of benzene rings is 1. The van der Waals surface area contributed by atoms with Gasteiger partial charge in [0.15, 0.2) is 0 Å². The molecule has 1 amide bonds. The molecule has 1 fully saturated rings. The summed E-state index contributed by atoms with van der Waals surface area (Å²) in [6, 6.07) is 12.2. The third-order valence-electron chi connectivity index (χ3n) is 4.94. The molecule has 1 N–H and O–H groups in total. The summed E-state index contributed by atoms with van der Waals surface area (Å²) in [4.78, 5) is 19.4. The first-order valence-corrected chi connectivity index (χ1v) is 8.70. The molecule has 1 aliphatic rings. The van der Waals surface area contributed by atoms with E-state index in [9.17, 15) is 9.18 Å². The van der Waals surface area contributed by atoms with Crippen molar-refractivity contribution < 1.29 is 9.18 Å². The van der Waals surface area contributed by atoms with E-state index in [1.807, 2.05) is 32.0 Å². The average molecular weight is 341 g/mol. The van der Waals surface area contributed by atoms with Crippen molar-refractivity contribution in [3.8, 4) is 0 Å². The van der Waals surface area contributed by atoms with Crippen molar-refractivity contribution in [1.29, 1.82) is 0 Å². The number of anilines is 1. The number of aromatic nitrogens is 1. The molecule has 5 heteroatoms. The molecule has 25 heavy (non-hydrogen) atoms. The van der Waals surface area contributed by atoms with Gasteiger partial charge in [0.2, 0.25) is 5.91 Å². The summed E-state index contributed by atoms with van der Waals surface area (Å²) in [5.74, 6) is 0.677. The lowest BCUT2D eigenvalue weighted by molar-refractivity contribution is -0.126. The molecule has 2 aromatic rings. The van der Waals surface area contributed by atoms with Gasteiger partial charge in [-0.15, -0.1) is 0 Å². The predicted octanol–water partition coefficient (Wildman–Crippen LogP) is 3.28. The fraction of sp³-hybridized carbons (Fsp3) is 0.400. The first-order valence-electron chi connectivity index (χ1n) is 8.70. The van der Waals surface area contributed by atoms with Gasteiger partial charge in [0.05, 0.1) is 5.41 Å². The van der Waals surface area contributed by atoms with Gasteiger partial charge in [-0.3, -0.25) is 4.79 Å². The highest BCUT2D eigenvalue weighted by Gasteiger charge is 2.32. The number of nitrogens with zero attached hydrogens (tertiary/aromatic N) is 2. The third kappa shape index (κ3) is 3.98. The van der Waals surface area contributed by atoms with E-state index in [4.69, 9.17) is 0 Å². The highest BCUT2D eigenvalue weighted by molar-refractivity contribution is 5.87. The number of hydrogen-bond acceptors (Lipinski definition) is 3. The minimum atomic E-state index is -0.689. The summed E-state index contributed by atoms with van der Waals surface area (Å²) >= 11 is 0. The lowest BCUT2D eigenvalue weighted by Gasteiger charge is -2.35. The van der Waals surface area contributed by atoms with E-state index in [0.29, 0.717) is 0 Å². The Morgan fingerprint density at radius 1 is 1.16 bits per heavy atom. The van der Waals surface area contributed by atoms with Gasteiger partial charge in [-0.25, -0.2) is 9.37 Å². The first kappa shape index (κ1) is 17.4. The van der Waals surface area contributed by atoms with Crippen LogP contribution in [-0.2, 0) is 10.2 Å². The number of piperidine rings is 1. The summed E-state index contributed by atoms with van der Waals surface area (Å²) < 4.78 is 13.1. The van der Waals surface area contributed by atoms with Crippen molar-refractivity contribution in [2.75, 3.05) is 18.0 Å². The van der Waals surface area contributed by atoms with Crippen LogP contribution in [0.1, 0.15) is 32.3 Å². The number of amides is 1. The maximum Gasteiger partial charge on any atom is 0.230 e. The highest BCUT2D eigenvalue weighted by Crippen LogP contribution is 2.25. The molecule has 1 saturated heterocycles. The second-order valence-electron chi connectivity index (χ2n) is 7.05. The quantitative estimate of drug-likeness (QED) is 0.928. The predicted molar refractivity (Wildman–Crippen MR) is 97.0 cm³/mol. The van der Waals surface area contributed by atoms with Crippen molar-refractivity contribution in [2.24, 2.45) is 0 Å². The molecule has 0 bridgehead atoms. The van der Waals surface area contributed by atoms with Gasteiger partial charge in [-0.05, 0) is 56.5 Å². The van der Waals surface area contributed by atoms with Gasteiger partial charge in [0.1, 0.15) is 11.6 Å². The molecule has 0 unspecified atom stereocenters. The number of nitrogens with one attached hydrogen (secondary N) is 1. The second kappa shape index (κ2) is 7.21. The minimum absolute atomic E-state index is 0.0182. The van der Waals surface area contributed by atoms with Gasteiger partial charge in [-0.1, -0.05) is 18.2 Å². The minimum Gasteiger partial charge on any atom is -0.356 e. The van der Waals surface area contributed by atoms with Crippen molar-refractivity contribution in [3.63, 3.8) is 0 Å². The van der Waals surface area contributed by atoms with Crippen LogP contribution in [0.25, 0.3) is 0 Å². The lowest BCUT2D eigenvalue weighted by Crippen LogP contribution is -2.49. The molecule has 0 radical (unpaired) electrons. The number of carbonyl (C=O) groups is 1. The van der Waals surface area contributed by atoms with Gasteiger partial charge < -0.3 is 10.2 Å². The molecule has 0 saturated carbocycles. The second-order valence-corrected chi connectivity index (χ2v) is 7.05. The Kier molecular flexibility index (Phi) is 5.02. The summed E-state index contributed by atoms with van der Waals surface area (Å²) in [7, 11) is 0. The van der Waals surface area contributed by atoms with E-state index in [0.717, 1.165) is 37.3 Å². The van der Waals surface area contributed by atoms with Crippen molar-refractivity contribution in [1.82, 2.24) is 10.3 Å². The van der Waals surface area contributed by atoms with E-state index in [1.165, 1.54) is 12.1 Å². The SMILES string of the molecule is CC(C)(C(=O)NC1CCN(c2ccccn2)CC1)c1ccc(F)cc1. The Labute approximate surface area is 148 Å². The zero-order valence-electron chi connectivity index (χ0n) is 14.7. The summed E-state index contributed by atoms with van der Waals surface area (Å²) in [5, 5.41) is 3.16. The summed E-state index contributed by atoms with van der Waals surface area (Å²) in [5.41, 5.74) is 0.128. The van der Waals surface area contributed by atoms with Crippen LogP contribution in [0.15, 0.2) is 48.7 Å². The van der Waals surface area contributed by atoms with Crippen LogP contribution in [0.3, 0.4) is 0 Å². The van der Waals surface area contributed by atoms with Crippen LogP contribution < -0.4 is 10.2 Å². The third-order valence-corrected chi connectivity index (χ3v) is 4.94. The Morgan fingerprint density at radius 2 is 1.84 bits per heavy atom. The van der Waals surface area contributed by atoms with Crippen LogP contribution in [0.4, 0.5) is 10.2 Å². The van der Waals surface area contributed by atoms with Crippen LogP contribution >= 0.6 is 0 Å². The van der Waals surface area contributed by atoms with Gasteiger partial charge in [0.25, 0.3) is 0 Å². The Balaban J connectivity index is 1.58. The highest BCUT2D eigenvalue weighted by atomic mass is 19.1. The van der Waals surface area contributed by atoms with E-state index < -0.39 is 5.41 Å². The van der Waals surface area contributed by atoms with Gasteiger partial charge in [0, 0.05) is 25.3 Å². The van der Waals surface area contributed by atoms with Crippen molar-refractivity contribution in [2.45, 2.75) is 38.1 Å². The number of carbonyl (C=O) groups excluding carboxylic acids is 1. The average Bonchev–Trinajstić information content (AvgIpc) is 2.63. The molecule has 3 rings (SSSR count). The van der Waals surface area contributed by atoms with Gasteiger partial charge >= 0.3 is 0 Å². The zero-order chi connectivity index (χ0) is 17.9. The molecule has 4 nitrogen and oxygen atoms in total. The molecule has 0 atom stereocenters. The summed E-state index contributed by atoms with van der Waals surface area (Å²) in [6.07, 6.45) is 3.58. The Morgan fingerprint density at radius 3 is 2.44 bits per heavy atom. The molecule has 1 aromatic carbocycles. The summed E-state index contributed by atoms with van der Waals surface area (Å²) in [6.45, 7) is 5.50. The van der Waals surface area contributed by atoms with E-state index >= 15 is 0 Å². The number of pyridine rings is 1. The maximum absolute atomic E-state index is 13.1. The van der Waals surface area contributed by atoms with Crippen molar-refractivity contribution in [3.05, 3.63) is 60.0 Å². The number of rotatable bonds is 4. The first-order chi connectivity index (χ1) is 12.0. The largest absolute Gasteiger partial charge is 0.356 e. The van der Waals surface area contributed by atoms with Crippen LogP contribution in [-0.4, -0.2) is 30.0 Å². The number of halogens is 1. The molecular formula is C20H24FN3O. The van der Waals surface area contributed by atoms with E-state index in [2.05, 4.69) is 15.2 Å². The Hall–Kier alpha value is -2.43. The van der Waals surface area contributed by atoms with Crippen LogP contribution in [0.5, 0.6) is 0 Å². The Bertz CT molecular complexity index is 707. The smallest absolute Gasteiger partial charge is 0.230 e. The van der Waals surface area contributed by atoms with Crippen molar-refractivity contribution >= 4 is 11.7 Å². The molecular weight excluding hydrogens is 317 g/mol. The monoisotopic (exact) mass is 341 g/mol. The molecule has 0 spiro atoms. The van der Waals surface area contributed by atoms with Crippen LogP contribution in [0.2, 0.25) is 0 Å². The standard InChI is InChI=1S/C20H24FN3O/c1-20(2,15-6-8-16(21)9-7-15)19(25)23-17-10-13-24(14-11-17)18-5-3-4-12-22-18/h3-9,12,17H,10-11,13-14H2,1-2H3,(H,23,25). The van der Waals surface area contributed by atoms with Gasteiger partial charge in [-0.2, -0.15) is 0 Å². The zero-order valence-corrected chi connectivity index (χ0v) is 14.7. The number of hydrogen-bond donors (Lipinski definition) is 1. The normalized spacial score (nSPS) is 15.9. The molecule has 1 aliphatic heterocycles.